The quantitative estimate of drug-likeness (QED) is 0.510. The first-order valence-corrected chi connectivity index (χ1v) is 5.83. The van der Waals surface area contributed by atoms with E-state index in [0.717, 1.165) is 0 Å². The summed E-state index contributed by atoms with van der Waals surface area (Å²) in [5, 5.41) is 12.0. The zero-order chi connectivity index (χ0) is 14.5. The fourth-order valence-corrected chi connectivity index (χ4v) is 1.63. The van der Waals surface area contributed by atoms with E-state index in [2.05, 4.69) is 10.6 Å². The van der Waals surface area contributed by atoms with E-state index in [9.17, 15) is 9.18 Å². The van der Waals surface area contributed by atoms with Crippen molar-refractivity contribution in [1.82, 2.24) is 0 Å². The predicted octanol–water partition coefficient (Wildman–Crippen LogP) is 3.21. The summed E-state index contributed by atoms with van der Waals surface area (Å²) in [5.74, 6) is -1.05. The van der Waals surface area contributed by atoms with Crippen molar-refractivity contribution in [3.8, 4) is 0 Å². The summed E-state index contributed by atoms with van der Waals surface area (Å²) in [4.78, 5) is 11.8. The highest BCUT2D eigenvalue weighted by molar-refractivity contribution is 6.02. The molecular formula is C14H13FN4O. The summed E-state index contributed by atoms with van der Waals surface area (Å²) >= 11 is 0. The van der Waals surface area contributed by atoms with Gasteiger partial charge in [0.25, 0.3) is 0 Å². The van der Waals surface area contributed by atoms with Crippen molar-refractivity contribution in [1.29, 1.82) is 5.41 Å². The van der Waals surface area contributed by atoms with Crippen molar-refractivity contribution in [3.63, 3.8) is 0 Å². The molecule has 0 saturated heterocycles. The van der Waals surface area contributed by atoms with E-state index in [1.807, 2.05) is 0 Å². The molecule has 0 atom stereocenters. The van der Waals surface area contributed by atoms with Crippen LogP contribution < -0.4 is 16.4 Å². The molecule has 0 aliphatic rings. The molecule has 102 valence electrons. The number of nitrogens with one attached hydrogen (secondary N) is 3. The average Bonchev–Trinajstić information content (AvgIpc) is 2.41. The molecule has 0 heterocycles. The minimum absolute atomic E-state index is 0.0991. The Morgan fingerprint density at radius 2 is 1.85 bits per heavy atom. The second-order valence-corrected chi connectivity index (χ2v) is 4.06. The lowest BCUT2D eigenvalue weighted by atomic mass is 10.2. The molecule has 20 heavy (non-hydrogen) atoms. The average molecular weight is 272 g/mol. The van der Waals surface area contributed by atoms with Crippen molar-refractivity contribution >= 4 is 29.1 Å². The summed E-state index contributed by atoms with van der Waals surface area (Å²) in [6.07, 6.45) is 0. The van der Waals surface area contributed by atoms with Crippen molar-refractivity contribution in [2.45, 2.75) is 0 Å². The van der Waals surface area contributed by atoms with Gasteiger partial charge in [-0.3, -0.25) is 5.41 Å². The lowest BCUT2D eigenvalue weighted by Crippen LogP contribution is -2.20. The van der Waals surface area contributed by atoms with Gasteiger partial charge in [-0.05, 0) is 24.3 Å². The maximum absolute atomic E-state index is 12.8. The number of carbonyl (C=O) groups excluding carboxylic acids is 1. The van der Waals surface area contributed by atoms with Gasteiger partial charge in [-0.25, -0.2) is 4.79 Å². The molecule has 0 spiro atoms. The third kappa shape index (κ3) is 3.32. The second-order valence-electron chi connectivity index (χ2n) is 4.06. The van der Waals surface area contributed by atoms with Gasteiger partial charge in [0.15, 0.2) is 0 Å². The Morgan fingerprint density at radius 3 is 2.55 bits per heavy atom. The number of carbonyl (C=O) groups is 1. The second kappa shape index (κ2) is 5.83. The van der Waals surface area contributed by atoms with Crippen LogP contribution in [0.5, 0.6) is 0 Å². The lowest BCUT2D eigenvalue weighted by molar-refractivity contribution is 0.262. The molecule has 5 N–H and O–H groups in total. The molecule has 6 heteroatoms. The maximum Gasteiger partial charge on any atom is 0.323 e. The first-order valence-electron chi connectivity index (χ1n) is 5.83. The molecule has 2 rings (SSSR count). The zero-order valence-corrected chi connectivity index (χ0v) is 10.5. The number of hydrogen-bond acceptors (Lipinski definition) is 3. The Kier molecular flexibility index (Phi) is 3.95. The summed E-state index contributed by atoms with van der Waals surface area (Å²) in [5.41, 5.74) is 7.12. The molecule has 2 aromatic carbocycles. The smallest absolute Gasteiger partial charge is 0.323 e. The van der Waals surface area contributed by atoms with Crippen LogP contribution in [0.25, 0.3) is 0 Å². The number of para-hydroxylation sites is 2. The Morgan fingerprint density at radius 1 is 1.10 bits per heavy atom. The first kappa shape index (κ1) is 13.5. The van der Waals surface area contributed by atoms with Crippen molar-refractivity contribution < 1.29 is 9.18 Å². The SMILES string of the molecule is N=C(F)c1cccc(NC(=O)Nc2ccccc2N)c1. The molecule has 0 fully saturated rings. The third-order valence-electron chi connectivity index (χ3n) is 2.58. The van der Waals surface area contributed by atoms with E-state index in [-0.39, 0.29) is 5.56 Å². The molecule has 0 aliphatic heterocycles. The number of urea groups is 1. The maximum atomic E-state index is 12.8. The number of nitrogen functional groups attached to an aromatic ring is 1. The molecule has 0 unspecified atom stereocenters. The molecule has 0 saturated carbocycles. The number of hydrogen-bond donors (Lipinski definition) is 4. The van der Waals surface area contributed by atoms with E-state index in [1.54, 1.807) is 36.4 Å². The molecular weight excluding hydrogens is 259 g/mol. The largest absolute Gasteiger partial charge is 0.397 e. The van der Waals surface area contributed by atoms with Crippen LogP contribution >= 0.6 is 0 Å². The third-order valence-corrected chi connectivity index (χ3v) is 2.58. The molecule has 2 aromatic rings. The van der Waals surface area contributed by atoms with E-state index < -0.39 is 12.0 Å². The number of rotatable bonds is 3. The number of amides is 2. The van der Waals surface area contributed by atoms with Crippen molar-refractivity contribution in [2.75, 3.05) is 16.4 Å². The van der Waals surface area contributed by atoms with Crippen molar-refractivity contribution in [2.24, 2.45) is 0 Å². The van der Waals surface area contributed by atoms with Gasteiger partial charge in [0.05, 0.1) is 11.4 Å². The highest BCUT2D eigenvalue weighted by Gasteiger charge is 2.06. The molecule has 0 aromatic heterocycles. The van der Waals surface area contributed by atoms with Crippen LogP contribution in [0.1, 0.15) is 5.56 Å². The summed E-state index contributed by atoms with van der Waals surface area (Å²) in [6.45, 7) is 0. The van der Waals surface area contributed by atoms with Crippen LogP contribution in [-0.2, 0) is 0 Å². The van der Waals surface area contributed by atoms with Gasteiger partial charge >= 0.3 is 6.03 Å². The molecule has 5 nitrogen and oxygen atoms in total. The fourth-order valence-electron chi connectivity index (χ4n) is 1.63. The van der Waals surface area contributed by atoms with Gasteiger partial charge < -0.3 is 16.4 Å². The van der Waals surface area contributed by atoms with Gasteiger partial charge in [-0.1, -0.05) is 24.3 Å². The minimum atomic E-state index is -1.05. The summed E-state index contributed by atoms with van der Waals surface area (Å²) in [6, 6.07) is 12.3. The van der Waals surface area contributed by atoms with Gasteiger partial charge in [0, 0.05) is 11.3 Å². The van der Waals surface area contributed by atoms with Crippen LogP contribution in [-0.4, -0.2) is 12.0 Å². The topological polar surface area (TPSA) is 91.0 Å². The van der Waals surface area contributed by atoms with E-state index >= 15 is 0 Å². The highest BCUT2D eigenvalue weighted by atomic mass is 19.1. The van der Waals surface area contributed by atoms with Crippen LogP contribution in [0.3, 0.4) is 0 Å². The Bertz CT molecular complexity index is 657. The van der Waals surface area contributed by atoms with Gasteiger partial charge in [0.2, 0.25) is 5.97 Å². The number of benzene rings is 2. The summed E-state index contributed by atoms with van der Waals surface area (Å²) < 4.78 is 12.8. The molecule has 0 aliphatic carbocycles. The zero-order valence-electron chi connectivity index (χ0n) is 10.5. The van der Waals surface area contributed by atoms with Gasteiger partial charge in [0.1, 0.15) is 0 Å². The highest BCUT2D eigenvalue weighted by Crippen LogP contribution is 2.17. The molecule has 0 bridgehead atoms. The lowest BCUT2D eigenvalue weighted by Gasteiger charge is -2.09. The van der Waals surface area contributed by atoms with Crippen LogP contribution in [0.2, 0.25) is 0 Å². The van der Waals surface area contributed by atoms with E-state index in [1.165, 1.54) is 12.1 Å². The number of nitrogens with two attached hydrogens (primary N) is 1. The molecule has 2 amide bonds. The van der Waals surface area contributed by atoms with Crippen LogP contribution in [0, 0.1) is 5.41 Å². The van der Waals surface area contributed by atoms with Crippen molar-refractivity contribution in [3.05, 3.63) is 54.1 Å². The normalized spacial score (nSPS) is 9.85. The predicted molar refractivity (Wildman–Crippen MR) is 77.9 cm³/mol. The van der Waals surface area contributed by atoms with Gasteiger partial charge in [-0.2, -0.15) is 4.39 Å². The Labute approximate surface area is 115 Å². The fraction of sp³-hybridized carbons (Fsp3) is 0. The molecule has 0 radical (unpaired) electrons. The monoisotopic (exact) mass is 272 g/mol. The Balaban J connectivity index is 2.07. The first-order chi connectivity index (χ1) is 9.56. The van der Waals surface area contributed by atoms with Gasteiger partial charge in [-0.15, -0.1) is 0 Å². The van der Waals surface area contributed by atoms with E-state index in [0.29, 0.717) is 17.1 Å². The van der Waals surface area contributed by atoms with E-state index in [4.69, 9.17) is 11.1 Å². The standard InChI is InChI=1S/C14H13FN4O/c15-13(17)9-4-3-5-10(8-9)18-14(20)19-12-7-2-1-6-11(12)16/h1-8,17H,16H2,(H2,18,19,20). The van der Waals surface area contributed by atoms with Crippen LogP contribution in [0.15, 0.2) is 48.5 Å². The Hall–Kier alpha value is -2.89. The minimum Gasteiger partial charge on any atom is -0.397 e. The van der Waals surface area contributed by atoms with Crippen LogP contribution in [0.4, 0.5) is 26.2 Å². The number of halogens is 1. The number of anilines is 3. The summed E-state index contributed by atoms with van der Waals surface area (Å²) in [7, 11) is 0.